The van der Waals surface area contributed by atoms with Crippen LogP contribution in [0.4, 0.5) is 4.79 Å². The summed E-state index contributed by atoms with van der Waals surface area (Å²) in [7, 11) is 0. The SMILES string of the molecule is CCCC(CCC)C(C)NC(=O)NC1CCCCC1. The predicted octanol–water partition coefficient (Wildman–Crippen LogP) is 4.22. The Morgan fingerprint density at radius 1 is 1.11 bits per heavy atom. The van der Waals surface area contributed by atoms with Gasteiger partial charge in [-0.25, -0.2) is 4.79 Å². The maximum atomic E-state index is 12.0. The van der Waals surface area contributed by atoms with Crippen LogP contribution in [0, 0.1) is 5.92 Å². The molecule has 1 unspecified atom stereocenters. The molecule has 112 valence electrons. The number of hydrogen-bond donors (Lipinski definition) is 2. The van der Waals surface area contributed by atoms with Gasteiger partial charge in [0.25, 0.3) is 0 Å². The second kappa shape index (κ2) is 9.22. The molecule has 1 fully saturated rings. The summed E-state index contributed by atoms with van der Waals surface area (Å²) in [6.07, 6.45) is 10.9. The van der Waals surface area contributed by atoms with Gasteiger partial charge in [-0.1, -0.05) is 46.0 Å². The summed E-state index contributed by atoms with van der Waals surface area (Å²) < 4.78 is 0. The van der Waals surface area contributed by atoms with E-state index in [-0.39, 0.29) is 12.1 Å². The van der Waals surface area contributed by atoms with Gasteiger partial charge in [0.1, 0.15) is 0 Å². The highest BCUT2D eigenvalue weighted by Gasteiger charge is 2.20. The molecule has 1 saturated carbocycles. The Hall–Kier alpha value is -0.730. The van der Waals surface area contributed by atoms with Crippen molar-refractivity contribution in [3.05, 3.63) is 0 Å². The minimum Gasteiger partial charge on any atom is -0.335 e. The molecule has 3 nitrogen and oxygen atoms in total. The van der Waals surface area contributed by atoms with Crippen LogP contribution in [-0.2, 0) is 0 Å². The van der Waals surface area contributed by atoms with Crippen molar-refractivity contribution >= 4 is 6.03 Å². The summed E-state index contributed by atoms with van der Waals surface area (Å²) in [4.78, 5) is 12.0. The molecule has 0 radical (unpaired) electrons. The van der Waals surface area contributed by atoms with Gasteiger partial charge in [-0.15, -0.1) is 0 Å². The maximum Gasteiger partial charge on any atom is 0.315 e. The van der Waals surface area contributed by atoms with Gasteiger partial charge in [-0.3, -0.25) is 0 Å². The zero-order valence-corrected chi connectivity index (χ0v) is 13.0. The van der Waals surface area contributed by atoms with Crippen molar-refractivity contribution < 1.29 is 4.79 Å². The van der Waals surface area contributed by atoms with Crippen LogP contribution in [-0.4, -0.2) is 18.1 Å². The fraction of sp³-hybridized carbons (Fsp3) is 0.938. The molecule has 0 aromatic carbocycles. The standard InChI is InChI=1S/C16H32N2O/c1-4-9-14(10-5-2)13(3)17-16(19)18-15-11-7-6-8-12-15/h13-15H,4-12H2,1-3H3,(H2,17,18,19). The van der Waals surface area contributed by atoms with E-state index in [1.807, 2.05) is 0 Å². The molecule has 2 N–H and O–H groups in total. The topological polar surface area (TPSA) is 41.1 Å². The molecule has 3 heteroatoms. The fourth-order valence-electron chi connectivity index (χ4n) is 3.18. The average molecular weight is 268 g/mol. The van der Waals surface area contributed by atoms with Crippen molar-refractivity contribution in [2.45, 2.75) is 90.6 Å². The molecule has 1 atom stereocenters. The molecular formula is C16H32N2O. The Kier molecular flexibility index (Phi) is 7.92. The third-order valence-corrected chi connectivity index (χ3v) is 4.33. The molecule has 0 saturated heterocycles. The van der Waals surface area contributed by atoms with Crippen LogP contribution in [0.3, 0.4) is 0 Å². The van der Waals surface area contributed by atoms with E-state index in [4.69, 9.17) is 0 Å². The maximum absolute atomic E-state index is 12.0. The minimum atomic E-state index is 0.0385. The number of carbonyl (C=O) groups excluding carboxylic acids is 1. The highest BCUT2D eigenvalue weighted by Crippen LogP contribution is 2.19. The van der Waals surface area contributed by atoms with Crippen LogP contribution in [0.5, 0.6) is 0 Å². The van der Waals surface area contributed by atoms with E-state index in [9.17, 15) is 4.79 Å². The molecule has 1 aliphatic rings. The smallest absolute Gasteiger partial charge is 0.315 e. The van der Waals surface area contributed by atoms with Crippen molar-refractivity contribution in [2.75, 3.05) is 0 Å². The summed E-state index contributed by atoms with van der Waals surface area (Å²) in [6.45, 7) is 6.59. The molecule has 0 spiro atoms. The van der Waals surface area contributed by atoms with Gasteiger partial charge >= 0.3 is 6.03 Å². The summed E-state index contributed by atoms with van der Waals surface area (Å²) >= 11 is 0. The monoisotopic (exact) mass is 268 g/mol. The van der Waals surface area contributed by atoms with Gasteiger partial charge < -0.3 is 10.6 Å². The summed E-state index contributed by atoms with van der Waals surface area (Å²) in [5, 5.41) is 6.29. The highest BCUT2D eigenvalue weighted by molar-refractivity contribution is 5.74. The molecule has 0 aromatic heterocycles. The van der Waals surface area contributed by atoms with E-state index < -0.39 is 0 Å². The van der Waals surface area contributed by atoms with Gasteiger partial charge in [0.15, 0.2) is 0 Å². The molecule has 2 amide bonds. The van der Waals surface area contributed by atoms with Crippen LogP contribution in [0.1, 0.15) is 78.6 Å². The highest BCUT2D eigenvalue weighted by atomic mass is 16.2. The lowest BCUT2D eigenvalue weighted by Crippen LogP contribution is -2.48. The van der Waals surface area contributed by atoms with E-state index in [1.165, 1.54) is 44.9 Å². The Balaban J connectivity index is 2.31. The number of nitrogens with one attached hydrogen (secondary N) is 2. The predicted molar refractivity (Wildman–Crippen MR) is 81.3 cm³/mol. The van der Waals surface area contributed by atoms with Crippen LogP contribution in [0.15, 0.2) is 0 Å². The lowest BCUT2D eigenvalue weighted by atomic mass is 9.91. The average Bonchev–Trinajstić information content (AvgIpc) is 2.39. The molecule has 0 aliphatic heterocycles. The number of urea groups is 1. The van der Waals surface area contributed by atoms with Crippen molar-refractivity contribution in [3.63, 3.8) is 0 Å². The van der Waals surface area contributed by atoms with Crippen molar-refractivity contribution in [3.8, 4) is 0 Å². The summed E-state index contributed by atoms with van der Waals surface area (Å²) in [6, 6.07) is 0.719. The van der Waals surface area contributed by atoms with Gasteiger partial charge in [-0.2, -0.15) is 0 Å². The molecule has 0 aromatic rings. The third-order valence-electron chi connectivity index (χ3n) is 4.33. The first-order valence-corrected chi connectivity index (χ1v) is 8.24. The van der Waals surface area contributed by atoms with E-state index in [1.54, 1.807) is 0 Å². The fourth-order valence-corrected chi connectivity index (χ4v) is 3.18. The number of carbonyl (C=O) groups is 1. The van der Waals surface area contributed by atoms with E-state index in [0.29, 0.717) is 12.0 Å². The molecule has 0 bridgehead atoms. The Morgan fingerprint density at radius 2 is 1.68 bits per heavy atom. The minimum absolute atomic E-state index is 0.0385. The largest absolute Gasteiger partial charge is 0.335 e. The Bertz CT molecular complexity index is 243. The molecule has 19 heavy (non-hydrogen) atoms. The first-order chi connectivity index (χ1) is 9.17. The van der Waals surface area contributed by atoms with Crippen molar-refractivity contribution in [1.82, 2.24) is 10.6 Å². The first-order valence-electron chi connectivity index (χ1n) is 8.24. The van der Waals surface area contributed by atoms with Crippen LogP contribution in [0.2, 0.25) is 0 Å². The van der Waals surface area contributed by atoms with Gasteiger partial charge in [-0.05, 0) is 38.5 Å². The Morgan fingerprint density at radius 3 is 2.21 bits per heavy atom. The zero-order valence-electron chi connectivity index (χ0n) is 13.0. The molecular weight excluding hydrogens is 236 g/mol. The van der Waals surface area contributed by atoms with E-state index >= 15 is 0 Å². The van der Waals surface area contributed by atoms with Crippen molar-refractivity contribution in [2.24, 2.45) is 5.92 Å². The normalized spacial score (nSPS) is 18.3. The van der Waals surface area contributed by atoms with Gasteiger partial charge in [0.2, 0.25) is 0 Å². The number of hydrogen-bond acceptors (Lipinski definition) is 1. The molecule has 1 rings (SSSR count). The van der Waals surface area contributed by atoms with Gasteiger partial charge in [0, 0.05) is 12.1 Å². The lowest BCUT2D eigenvalue weighted by molar-refractivity contribution is 0.222. The second-order valence-corrected chi connectivity index (χ2v) is 6.08. The second-order valence-electron chi connectivity index (χ2n) is 6.08. The van der Waals surface area contributed by atoms with E-state index in [2.05, 4.69) is 31.4 Å². The lowest BCUT2D eigenvalue weighted by Gasteiger charge is -2.27. The van der Waals surface area contributed by atoms with Gasteiger partial charge in [0.05, 0.1) is 0 Å². The van der Waals surface area contributed by atoms with Crippen LogP contribution < -0.4 is 10.6 Å². The molecule has 1 aliphatic carbocycles. The number of amides is 2. The van der Waals surface area contributed by atoms with Crippen LogP contribution in [0.25, 0.3) is 0 Å². The molecule has 0 heterocycles. The quantitative estimate of drug-likeness (QED) is 0.713. The van der Waals surface area contributed by atoms with Crippen molar-refractivity contribution in [1.29, 1.82) is 0 Å². The summed E-state index contributed by atoms with van der Waals surface area (Å²) in [5.41, 5.74) is 0. The van der Waals surface area contributed by atoms with E-state index in [0.717, 1.165) is 12.8 Å². The van der Waals surface area contributed by atoms with Crippen LogP contribution >= 0.6 is 0 Å². The Labute approximate surface area is 118 Å². The first kappa shape index (κ1) is 16.3. The summed E-state index contributed by atoms with van der Waals surface area (Å²) in [5.74, 6) is 0.618. The number of rotatable bonds is 7. The third kappa shape index (κ3) is 6.31. The zero-order chi connectivity index (χ0) is 14.1.